The summed E-state index contributed by atoms with van der Waals surface area (Å²) in [6.07, 6.45) is 1.54. The molecule has 2 unspecified atom stereocenters. The minimum atomic E-state index is -0.694. The van der Waals surface area contributed by atoms with Crippen molar-refractivity contribution in [3.63, 3.8) is 0 Å². The lowest BCUT2D eigenvalue weighted by atomic mass is 9.68. The molecule has 0 aliphatic heterocycles. The first-order valence-electron chi connectivity index (χ1n) is 6.67. The van der Waals surface area contributed by atoms with Crippen molar-refractivity contribution in [1.29, 1.82) is 0 Å². The van der Waals surface area contributed by atoms with E-state index in [1.807, 2.05) is 20.8 Å². The van der Waals surface area contributed by atoms with E-state index in [1.54, 1.807) is 0 Å². The third-order valence-corrected chi connectivity index (χ3v) is 5.33. The number of ketones is 1. The van der Waals surface area contributed by atoms with Crippen LogP contribution in [-0.4, -0.2) is 24.8 Å². The molecule has 0 N–H and O–H groups in total. The van der Waals surface area contributed by atoms with E-state index in [0.29, 0.717) is 31.3 Å². The number of Topliss-reactive ketones (excluding diaryl/α,β-unsaturated/α-hetero) is 1. The summed E-state index contributed by atoms with van der Waals surface area (Å²) in [5, 5.41) is 0. The van der Waals surface area contributed by atoms with Crippen molar-refractivity contribution >= 4 is 5.78 Å². The van der Waals surface area contributed by atoms with Gasteiger partial charge in [0, 0.05) is 26.1 Å². The molecule has 0 aromatic carbocycles. The number of hydrogen-bond acceptors (Lipinski definition) is 3. The SMILES string of the molecule is CCOC1(OCC)CC2CC(=O)C1(C)C2(C)C. The van der Waals surface area contributed by atoms with Crippen molar-refractivity contribution in [2.24, 2.45) is 16.7 Å². The van der Waals surface area contributed by atoms with Crippen LogP contribution in [0.1, 0.15) is 47.5 Å². The zero-order valence-electron chi connectivity index (χ0n) is 11.6. The molecule has 2 fully saturated rings. The Hall–Kier alpha value is -0.410. The van der Waals surface area contributed by atoms with Crippen molar-refractivity contribution in [3.8, 4) is 0 Å². The van der Waals surface area contributed by atoms with Crippen LogP contribution in [0.4, 0.5) is 0 Å². The van der Waals surface area contributed by atoms with Crippen LogP contribution in [0.5, 0.6) is 0 Å². The average Bonchev–Trinajstić information content (AvgIpc) is 2.49. The second kappa shape index (κ2) is 3.79. The zero-order chi connectivity index (χ0) is 12.9. The fourth-order valence-corrected chi connectivity index (χ4v) is 3.92. The molecule has 2 rings (SSSR count). The number of ether oxygens (including phenoxy) is 2. The Morgan fingerprint density at radius 1 is 1.18 bits per heavy atom. The van der Waals surface area contributed by atoms with Crippen molar-refractivity contribution in [1.82, 2.24) is 0 Å². The average molecular weight is 240 g/mol. The smallest absolute Gasteiger partial charge is 0.181 e. The Labute approximate surface area is 104 Å². The van der Waals surface area contributed by atoms with Crippen LogP contribution in [0.2, 0.25) is 0 Å². The van der Waals surface area contributed by atoms with Gasteiger partial charge in [0.2, 0.25) is 0 Å². The molecule has 2 atom stereocenters. The van der Waals surface area contributed by atoms with Crippen molar-refractivity contribution in [2.45, 2.75) is 53.2 Å². The summed E-state index contributed by atoms with van der Waals surface area (Å²) in [4.78, 5) is 12.4. The maximum atomic E-state index is 12.4. The van der Waals surface area contributed by atoms with Gasteiger partial charge in [-0.3, -0.25) is 4.79 Å². The van der Waals surface area contributed by atoms with Crippen molar-refractivity contribution < 1.29 is 14.3 Å². The number of carbonyl (C=O) groups excluding carboxylic acids is 1. The largest absolute Gasteiger partial charge is 0.349 e. The molecule has 0 saturated heterocycles. The van der Waals surface area contributed by atoms with Gasteiger partial charge in [0.05, 0.1) is 5.41 Å². The van der Waals surface area contributed by atoms with E-state index < -0.39 is 11.2 Å². The molecule has 98 valence electrons. The van der Waals surface area contributed by atoms with Crippen LogP contribution in [0.15, 0.2) is 0 Å². The van der Waals surface area contributed by atoms with Gasteiger partial charge in [0.15, 0.2) is 5.79 Å². The summed E-state index contributed by atoms with van der Waals surface area (Å²) in [5.41, 5.74) is -0.537. The zero-order valence-corrected chi connectivity index (χ0v) is 11.6. The molecule has 0 spiro atoms. The lowest BCUT2D eigenvalue weighted by Crippen LogP contribution is -2.55. The highest BCUT2D eigenvalue weighted by molar-refractivity contribution is 5.90. The Morgan fingerprint density at radius 3 is 2.06 bits per heavy atom. The molecular formula is C14H24O3. The van der Waals surface area contributed by atoms with Gasteiger partial charge in [-0.2, -0.15) is 0 Å². The molecule has 2 aliphatic carbocycles. The van der Waals surface area contributed by atoms with E-state index in [-0.39, 0.29) is 5.41 Å². The summed E-state index contributed by atoms with van der Waals surface area (Å²) in [7, 11) is 0. The Morgan fingerprint density at radius 2 is 1.71 bits per heavy atom. The van der Waals surface area contributed by atoms with Gasteiger partial charge < -0.3 is 9.47 Å². The van der Waals surface area contributed by atoms with Gasteiger partial charge in [-0.15, -0.1) is 0 Å². The van der Waals surface area contributed by atoms with E-state index in [2.05, 4.69) is 13.8 Å². The third kappa shape index (κ3) is 1.33. The van der Waals surface area contributed by atoms with E-state index in [1.165, 1.54) is 0 Å². The fourth-order valence-electron chi connectivity index (χ4n) is 3.92. The number of carbonyl (C=O) groups is 1. The van der Waals surface area contributed by atoms with Crippen LogP contribution >= 0.6 is 0 Å². The fraction of sp³-hybridized carbons (Fsp3) is 0.929. The van der Waals surface area contributed by atoms with Crippen LogP contribution in [0.3, 0.4) is 0 Å². The molecule has 0 heterocycles. The Kier molecular flexibility index (Phi) is 2.91. The third-order valence-electron chi connectivity index (χ3n) is 5.33. The maximum absolute atomic E-state index is 12.4. The first-order valence-corrected chi connectivity index (χ1v) is 6.67. The standard InChI is InChI=1S/C14H24O3/c1-6-16-14(17-7-2)9-10-8-11(15)13(14,5)12(10,3)4/h10H,6-9H2,1-5H3. The summed E-state index contributed by atoms with van der Waals surface area (Å²) in [6.45, 7) is 11.5. The summed E-state index contributed by atoms with van der Waals surface area (Å²) in [6, 6.07) is 0. The molecule has 17 heavy (non-hydrogen) atoms. The quantitative estimate of drug-likeness (QED) is 0.709. The van der Waals surface area contributed by atoms with Crippen molar-refractivity contribution in [2.75, 3.05) is 13.2 Å². The first kappa shape index (κ1) is 13.0. The van der Waals surface area contributed by atoms with Crippen LogP contribution in [0, 0.1) is 16.7 Å². The van der Waals surface area contributed by atoms with Gasteiger partial charge in [0.25, 0.3) is 0 Å². The summed E-state index contributed by atoms with van der Waals surface area (Å²) >= 11 is 0. The highest BCUT2D eigenvalue weighted by Crippen LogP contribution is 2.69. The van der Waals surface area contributed by atoms with Gasteiger partial charge >= 0.3 is 0 Å². The molecular weight excluding hydrogens is 216 g/mol. The van der Waals surface area contributed by atoms with Gasteiger partial charge in [-0.25, -0.2) is 0 Å². The topological polar surface area (TPSA) is 35.5 Å². The van der Waals surface area contributed by atoms with Crippen molar-refractivity contribution in [3.05, 3.63) is 0 Å². The van der Waals surface area contributed by atoms with Gasteiger partial charge in [-0.1, -0.05) is 13.8 Å². The highest BCUT2D eigenvalue weighted by atomic mass is 16.7. The molecule has 0 aromatic heterocycles. The molecule has 3 heteroatoms. The van der Waals surface area contributed by atoms with Crippen LogP contribution in [-0.2, 0) is 14.3 Å². The highest BCUT2D eigenvalue weighted by Gasteiger charge is 2.74. The predicted octanol–water partition coefficient (Wildman–Crippen LogP) is 2.78. The molecule has 2 aliphatic rings. The maximum Gasteiger partial charge on any atom is 0.181 e. The number of fused-ring (bicyclic) bond motifs is 2. The number of hydrogen-bond donors (Lipinski definition) is 0. The lowest BCUT2D eigenvalue weighted by Gasteiger charge is -2.46. The first-order chi connectivity index (χ1) is 7.85. The van der Waals surface area contributed by atoms with Gasteiger partial charge in [0.1, 0.15) is 5.78 Å². The Bertz CT molecular complexity index is 328. The number of rotatable bonds is 4. The van der Waals surface area contributed by atoms with E-state index in [9.17, 15) is 4.79 Å². The molecule has 3 nitrogen and oxygen atoms in total. The monoisotopic (exact) mass is 240 g/mol. The summed E-state index contributed by atoms with van der Waals surface area (Å²) < 4.78 is 11.9. The second-order valence-electron chi connectivity index (χ2n) is 5.99. The van der Waals surface area contributed by atoms with Gasteiger partial charge in [-0.05, 0) is 32.1 Å². The van der Waals surface area contributed by atoms with E-state index in [4.69, 9.17) is 9.47 Å². The summed E-state index contributed by atoms with van der Waals surface area (Å²) in [5.74, 6) is -0.00116. The molecule has 0 aromatic rings. The molecule has 2 bridgehead atoms. The van der Waals surface area contributed by atoms with E-state index >= 15 is 0 Å². The molecule has 2 saturated carbocycles. The van der Waals surface area contributed by atoms with Crippen LogP contribution < -0.4 is 0 Å². The second-order valence-corrected chi connectivity index (χ2v) is 5.99. The van der Waals surface area contributed by atoms with Crippen LogP contribution in [0.25, 0.3) is 0 Å². The van der Waals surface area contributed by atoms with E-state index in [0.717, 1.165) is 6.42 Å². The predicted molar refractivity (Wildman–Crippen MR) is 65.6 cm³/mol. The lowest BCUT2D eigenvalue weighted by molar-refractivity contribution is -0.285. The normalized spacial score (nSPS) is 37.7. The minimum Gasteiger partial charge on any atom is -0.349 e. The Balaban J connectivity index is 2.47. The molecule has 0 radical (unpaired) electrons. The molecule has 0 amide bonds. The minimum absolute atomic E-state index is 0.0333.